The zero-order valence-electron chi connectivity index (χ0n) is 31.8. The van der Waals surface area contributed by atoms with Crippen LogP contribution in [0.4, 0.5) is 22.8 Å². The molecule has 5 atom stereocenters. The number of allylic oxidation sites excluding steroid dienone is 1. The predicted molar refractivity (Wildman–Crippen MR) is 198 cm³/mol. The molecule has 18 heteroatoms. The molecule has 0 bridgehead atoms. The van der Waals surface area contributed by atoms with Crippen LogP contribution in [-0.4, -0.2) is 84.0 Å². The molecular weight excluding hydrogens is 772 g/mol. The Bertz CT molecular complexity index is 2080. The molecular formula is C39H46F3N5O9S. The van der Waals surface area contributed by atoms with Crippen LogP contribution in [0.1, 0.15) is 82.4 Å². The summed E-state index contributed by atoms with van der Waals surface area (Å²) in [7, 11) is -4.49. The predicted octanol–water partition coefficient (Wildman–Crippen LogP) is 4.46. The number of benzene rings is 2. The van der Waals surface area contributed by atoms with Gasteiger partial charge in [-0.05, 0) is 75.8 Å². The molecule has 0 aromatic heterocycles. The number of carbonyl (C=O) groups is 5. The van der Waals surface area contributed by atoms with Crippen molar-refractivity contribution in [2.45, 2.75) is 114 Å². The summed E-state index contributed by atoms with van der Waals surface area (Å²) in [5.74, 6) is -6.98. The van der Waals surface area contributed by atoms with Gasteiger partial charge in [-0.15, -0.1) is 0 Å². The maximum Gasteiger partial charge on any atom is 0.410 e. The minimum atomic E-state index is -4.49. The molecule has 6 rings (SSSR count). The van der Waals surface area contributed by atoms with Gasteiger partial charge in [0, 0.05) is 24.4 Å². The van der Waals surface area contributed by atoms with Gasteiger partial charge in [-0.2, -0.15) is 0 Å². The fraction of sp³-hybridized carbons (Fsp3) is 0.513. The number of hydrogen-bond acceptors (Lipinski definition) is 9. The van der Waals surface area contributed by atoms with E-state index < -0.39 is 98.4 Å². The van der Waals surface area contributed by atoms with E-state index in [-0.39, 0.29) is 44.5 Å². The molecule has 4 aliphatic rings. The number of ether oxygens (including phenoxy) is 2. The summed E-state index contributed by atoms with van der Waals surface area (Å²) in [5.41, 5.74) is -1.81. The lowest BCUT2D eigenvalue weighted by molar-refractivity contribution is -0.141. The summed E-state index contributed by atoms with van der Waals surface area (Å²) in [5, 5.41) is 5.32. The number of sulfonamides is 1. The lowest BCUT2D eigenvalue weighted by Gasteiger charge is -2.30. The quantitative estimate of drug-likeness (QED) is 0.355. The first kappa shape index (κ1) is 41.5. The SMILES string of the molecule is CC(C)(C)OC(=O)N[C@H]1CCCCC/C=C\[C@@H]2C[C@@]2(C(=O)NS(=O)(=O)Cc2ccc(F)c(F)c2)NC(=O)[C@@H]2C[C@@H](OC(=O)N3Cc4cccc(F)c4C3)CN2C1=O. The van der Waals surface area contributed by atoms with Gasteiger partial charge in [0.25, 0.3) is 5.91 Å². The highest BCUT2D eigenvalue weighted by Crippen LogP contribution is 2.46. The number of nitrogens with zero attached hydrogens (tertiary/aromatic N) is 2. The van der Waals surface area contributed by atoms with Crippen molar-refractivity contribution >= 4 is 39.9 Å². The highest BCUT2D eigenvalue weighted by molar-refractivity contribution is 7.89. The number of alkyl carbamates (subject to hydrolysis) is 1. The fourth-order valence-corrected chi connectivity index (χ4v) is 8.61. The Morgan fingerprint density at radius 3 is 2.49 bits per heavy atom. The van der Waals surface area contributed by atoms with Gasteiger partial charge in [-0.25, -0.2) is 31.2 Å². The number of hydrogen-bond donors (Lipinski definition) is 3. The maximum absolute atomic E-state index is 14.5. The summed E-state index contributed by atoms with van der Waals surface area (Å²) in [6.45, 7) is 4.75. The number of rotatable bonds is 6. The molecule has 3 heterocycles. The molecule has 0 spiro atoms. The molecule has 1 saturated carbocycles. The van der Waals surface area contributed by atoms with Crippen molar-refractivity contribution in [2.75, 3.05) is 6.54 Å². The van der Waals surface area contributed by atoms with Crippen molar-refractivity contribution in [3.63, 3.8) is 0 Å². The van der Waals surface area contributed by atoms with Crippen LogP contribution in [0.2, 0.25) is 0 Å². The van der Waals surface area contributed by atoms with Gasteiger partial charge in [0.05, 0.1) is 18.8 Å². The van der Waals surface area contributed by atoms with Crippen LogP contribution in [-0.2, 0) is 52.7 Å². The molecule has 2 aromatic carbocycles. The standard InChI is InChI=1S/C39H46F3N5O9S/c1-38(2,3)56-36(51)43-31-13-8-6-4-5-7-11-25-18-39(25,35(50)45-57(53,54)22-23-14-15-29(41)30(42)16-23)44-33(48)32-17-26(20-47(32)34(31)49)55-37(52)46-19-24-10-9-12-28(40)27(24)21-46/h7,9-12,14-16,25-26,31-32H,4-6,8,13,17-22H2,1-3H3,(H,43,51)(H,44,48)(H,45,50)/b11-7-/t25-,26-,31+,32+,39-/m1/s1. The van der Waals surface area contributed by atoms with Crippen LogP contribution >= 0.6 is 0 Å². The third kappa shape index (κ3) is 9.88. The number of fused-ring (bicyclic) bond motifs is 3. The van der Waals surface area contributed by atoms with Crippen molar-refractivity contribution < 1.29 is 55.0 Å². The van der Waals surface area contributed by atoms with Gasteiger partial charge in [0.2, 0.25) is 21.8 Å². The topological polar surface area (TPSA) is 181 Å². The molecule has 2 aromatic rings. The van der Waals surface area contributed by atoms with Crippen LogP contribution in [0.3, 0.4) is 0 Å². The molecule has 1 aliphatic carbocycles. The third-order valence-corrected chi connectivity index (χ3v) is 11.6. The summed E-state index contributed by atoms with van der Waals surface area (Å²) in [6, 6.07) is 4.56. The van der Waals surface area contributed by atoms with Gasteiger partial charge < -0.3 is 25.0 Å². The maximum atomic E-state index is 14.5. The van der Waals surface area contributed by atoms with Gasteiger partial charge >= 0.3 is 12.2 Å². The van der Waals surface area contributed by atoms with Crippen molar-refractivity contribution in [1.29, 1.82) is 0 Å². The van der Waals surface area contributed by atoms with E-state index in [4.69, 9.17) is 9.47 Å². The first-order valence-electron chi connectivity index (χ1n) is 18.8. The van der Waals surface area contributed by atoms with Crippen LogP contribution in [0.25, 0.3) is 0 Å². The van der Waals surface area contributed by atoms with Gasteiger partial charge in [0.15, 0.2) is 11.6 Å². The van der Waals surface area contributed by atoms with Gasteiger partial charge in [0.1, 0.15) is 35.1 Å². The molecule has 5 amide bonds. The van der Waals surface area contributed by atoms with Crippen molar-refractivity contribution in [3.8, 4) is 0 Å². The second-order valence-corrected chi connectivity index (χ2v) is 17.7. The monoisotopic (exact) mass is 817 g/mol. The lowest BCUT2D eigenvalue weighted by atomic mass is 10.0. The lowest BCUT2D eigenvalue weighted by Crippen LogP contribution is -2.58. The van der Waals surface area contributed by atoms with Crippen molar-refractivity contribution in [2.24, 2.45) is 5.92 Å². The Morgan fingerprint density at radius 1 is 1.00 bits per heavy atom. The van der Waals surface area contributed by atoms with E-state index in [0.717, 1.165) is 12.1 Å². The summed E-state index contributed by atoms with van der Waals surface area (Å²) in [6.07, 6.45) is 3.25. The normalized spacial score (nSPS) is 25.8. The molecule has 14 nitrogen and oxygen atoms in total. The molecule has 308 valence electrons. The van der Waals surface area contributed by atoms with E-state index >= 15 is 0 Å². The van der Waals surface area contributed by atoms with E-state index in [0.29, 0.717) is 42.9 Å². The highest BCUT2D eigenvalue weighted by Gasteiger charge is 2.61. The second-order valence-electron chi connectivity index (χ2n) is 16.0. The summed E-state index contributed by atoms with van der Waals surface area (Å²) >= 11 is 0. The first-order valence-corrected chi connectivity index (χ1v) is 20.5. The van der Waals surface area contributed by atoms with Crippen molar-refractivity contribution in [3.05, 3.63) is 82.7 Å². The van der Waals surface area contributed by atoms with E-state index in [2.05, 4.69) is 10.6 Å². The molecule has 57 heavy (non-hydrogen) atoms. The van der Waals surface area contributed by atoms with Crippen LogP contribution in [0, 0.1) is 23.4 Å². The first-order chi connectivity index (χ1) is 26.8. The number of halogens is 3. The largest absolute Gasteiger partial charge is 0.444 e. The van der Waals surface area contributed by atoms with Crippen LogP contribution in [0.5, 0.6) is 0 Å². The molecule has 3 aliphatic heterocycles. The number of carbonyl (C=O) groups excluding carboxylic acids is 5. The molecule has 1 saturated heterocycles. The Morgan fingerprint density at radius 2 is 1.77 bits per heavy atom. The molecule has 2 fully saturated rings. The second kappa shape index (κ2) is 16.4. The average Bonchev–Trinajstić information content (AvgIpc) is 3.40. The molecule has 0 unspecified atom stereocenters. The average molecular weight is 818 g/mol. The van der Waals surface area contributed by atoms with Crippen molar-refractivity contribution in [1.82, 2.24) is 25.2 Å². The van der Waals surface area contributed by atoms with Gasteiger partial charge in [-0.3, -0.25) is 24.0 Å². The number of nitrogens with one attached hydrogen (secondary N) is 3. The van der Waals surface area contributed by atoms with Crippen LogP contribution in [0.15, 0.2) is 48.6 Å². The smallest absolute Gasteiger partial charge is 0.410 e. The van der Waals surface area contributed by atoms with E-state index in [1.165, 1.54) is 21.9 Å². The minimum Gasteiger partial charge on any atom is -0.444 e. The Kier molecular flexibility index (Phi) is 11.9. The summed E-state index contributed by atoms with van der Waals surface area (Å²) in [4.78, 5) is 71.3. The molecule has 0 radical (unpaired) electrons. The fourth-order valence-electron chi connectivity index (χ4n) is 7.46. The summed E-state index contributed by atoms with van der Waals surface area (Å²) < 4.78 is 81.2. The zero-order valence-corrected chi connectivity index (χ0v) is 32.6. The Balaban J connectivity index is 1.25. The van der Waals surface area contributed by atoms with Crippen LogP contribution < -0.4 is 15.4 Å². The third-order valence-electron chi connectivity index (χ3n) is 10.4. The Labute approximate surface area is 328 Å². The Hall–Kier alpha value is -5.13. The van der Waals surface area contributed by atoms with E-state index in [1.807, 2.05) is 10.8 Å². The highest BCUT2D eigenvalue weighted by atomic mass is 32.2. The van der Waals surface area contributed by atoms with E-state index in [9.17, 15) is 45.6 Å². The zero-order chi connectivity index (χ0) is 41.3. The number of amides is 5. The minimum absolute atomic E-state index is 0.00968. The van der Waals surface area contributed by atoms with E-state index in [1.54, 1.807) is 32.9 Å². The molecule has 3 N–H and O–H groups in total. The van der Waals surface area contributed by atoms with Gasteiger partial charge in [-0.1, -0.05) is 43.2 Å².